The molecule has 5 rings (SSSR count). The molecule has 1 aromatic carbocycles. The molecule has 2 aromatic rings. The van der Waals surface area contributed by atoms with Crippen molar-refractivity contribution in [2.24, 2.45) is 17.8 Å². The van der Waals surface area contributed by atoms with E-state index >= 15 is 0 Å². The van der Waals surface area contributed by atoms with E-state index in [1.54, 1.807) is 10.9 Å². The van der Waals surface area contributed by atoms with Crippen molar-refractivity contribution in [1.82, 2.24) is 30.7 Å². The van der Waals surface area contributed by atoms with Crippen molar-refractivity contribution in [3.63, 3.8) is 0 Å². The number of carbonyl (C=O) groups is 2. The standard InChI is InChI=1S/C30H42N8O3/c1-18(2)26(37-17-22(34-36-37)29(40)41-30(3,4)5)19-10-12-21(13-11-19)33-27-25-24(14-15-32-28(25)39)38(35-27)23-9-7-6-8-20(23)16-31/h10-13,17-18,20,23-27,33,35H,6-9,14-15H2,1-5H3,(H,32,39)/t20-,23+,24?,25?,26?,27?/m1/s1. The lowest BCUT2D eigenvalue weighted by Gasteiger charge is -2.39. The molecule has 0 bridgehead atoms. The zero-order valence-corrected chi connectivity index (χ0v) is 24.6. The van der Waals surface area contributed by atoms with Crippen LogP contribution in [0.25, 0.3) is 0 Å². The average molecular weight is 563 g/mol. The monoisotopic (exact) mass is 562 g/mol. The summed E-state index contributed by atoms with van der Waals surface area (Å²) in [5.74, 6) is -0.554. The number of aromatic nitrogens is 3. The Morgan fingerprint density at radius 2 is 1.88 bits per heavy atom. The lowest BCUT2D eigenvalue weighted by Crippen LogP contribution is -2.54. The van der Waals surface area contributed by atoms with Gasteiger partial charge in [0.25, 0.3) is 0 Å². The second-order valence-corrected chi connectivity index (χ2v) is 12.8. The molecule has 220 valence electrons. The van der Waals surface area contributed by atoms with Gasteiger partial charge in [-0.15, -0.1) is 5.10 Å². The van der Waals surface area contributed by atoms with Crippen molar-refractivity contribution in [1.29, 1.82) is 5.26 Å². The van der Waals surface area contributed by atoms with Gasteiger partial charge >= 0.3 is 5.97 Å². The first-order valence-corrected chi connectivity index (χ1v) is 14.8. The Kier molecular flexibility index (Phi) is 8.34. The fraction of sp³-hybridized carbons (Fsp3) is 0.633. The van der Waals surface area contributed by atoms with Gasteiger partial charge in [0, 0.05) is 24.3 Å². The van der Waals surface area contributed by atoms with Gasteiger partial charge in [-0.2, -0.15) is 5.26 Å². The molecular weight excluding hydrogens is 520 g/mol. The highest BCUT2D eigenvalue weighted by molar-refractivity contribution is 5.87. The molecule has 11 nitrogen and oxygen atoms in total. The number of hydrogen-bond donors (Lipinski definition) is 3. The van der Waals surface area contributed by atoms with Crippen LogP contribution >= 0.6 is 0 Å². The van der Waals surface area contributed by atoms with Gasteiger partial charge in [0.2, 0.25) is 5.91 Å². The van der Waals surface area contributed by atoms with E-state index in [1.165, 1.54) is 0 Å². The summed E-state index contributed by atoms with van der Waals surface area (Å²) in [7, 11) is 0. The SMILES string of the molecule is CC(C)C(c1ccc(NC2NN([C@H]3CCCC[C@@H]3C#N)C3CCNC(=O)C23)cc1)n1cc(C(=O)OC(C)(C)C)nn1. The van der Waals surface area contributed by atoms with Crippen molar-refractivity contribution in [3.8, 4) is 6.07 Å². The second-order valence-electron chi connectivity index (χ2n) is 12.8. The molecule has 1 saturated carbocycles. The zero-order chi connectivity index (χ0) is 29.3. The predicted molar refractivity (Wildman–Crippen MR) is 153 cm³/mol. The van der Waals surface area contributed by atoms with E-state index < -0.39 is 11.6 Å². The maximum absolute atomic E-state index is 13.0. The molecule has 1 aliphatic carbocycles. The Morgan fingerprint density at radius 3 is 2.56 bits per heavy atom. The van der Waals surface area contributed by atoms with Crippen molar-refractivity contribution in [2.45, 2.75) is 96.6 Å². The van der Waals surface area contributed by atoms with Crippen LogP contribution in [-0.2, 0) is 9.53 Å². The fourth-order valence-corrected chi connectivity index (χ4v) is 6.53. The zero-order valence-electron chi connectivity index (χ0n) is 24.6. The highest BCUT2D eigenvalue weighted by Crippen LogP contribution is 2.36. The molecule has 6 atom stereocenters. The van der Waals surface area contributed by atoms with E-state index in [0.29, 0.717) is 6.54 Å². The lowest BCUT2D eigenvalue weighted by atomic mass is 9.83. The molecule has 2 aliphatic heterocycles. The molecule has 3 heterocycles. The number of nitriles is 1. The molecule has 1 aromatic heterocycles. The van der Waals surface area contributed by atoms with E-state index in [9.17, 15) is 14.9 Å². The molecular formula is C30H42N8O3. The molecule has 41 heavy (non-hydrogen) atoms. The summed E-state index contributed by atoms with van der Waals surface area (Å²) in [6.07, 6.45) is 6.28. The smallest absolute Gasteiger partial charge is 0.361 e. The summed E-state index contributed by atoms with van der Waals surface area (Å²) in [5.41, 5.74) is 5.08. The van der Waals surface area contributed by atoms with Gasteiger partial charge in [0.1, 0.15) is 11.8 Å². The number of esters is 1. The number of rotatable bonds is 7. The summed E-state index contributed by atoms with van der Waals surface area (Å²) in [4.78, 5) is 25.5. The molecule has 2 saturated heterocycles. The normalized spacial score (nSPS) is 27.5. The number of nitrogens with zero attached hydrogens (tertiary/aromatic N) is 5. The summed E-state index contributed by atoms with van der Waals surface area (Å²) in [5, 5.41) is 27.0. The van der Waals surface area contributed by atoms with Gasteiger partial charge in [-0.25, -0.2) is 19.9 Å². The minimum absolute atomic E-state index is 0.0273. The van der Waals surface area contributed by atoms with Crippen LogP contribution in [0.2, 0.25) is 0 Å². The van der Waals surface area contributed by atoms with Crippen LogP contribution < -0.4 is 16.1 Å². The van der Waals surface area contributed by atoms with Crippen LogP contribution in [0.5, 0.6) is 0 Å². The molecule has 3 fully saturated rings. The number of benzene rings is 1. The minimum Gasteiger partial charge on any atom is -0.455 e. The molecule has 3 aliphatic rings. The molecule has 3 N–H and O–H groups in total. The largest absolute Gasteiger partial charge is 0.455 e. The summed E-state index contributed by atoms with van der Waals surface area (Å²) in [6, 6.07) is 10.7. The molecule has 11 heteroatoms. The third-order valence-electron chi connectivity index (χ3n) is 8.32. The topological polar surface area (TPSA) is 137 Å². The molecule has 1 amide bonds. The number of ether oxygens (including phenoxy) is 1. The first-order chi connectivity index (χ1) is 19.6. The van der Waals surface area contributed by atoms with E-state index in [-0.39, 0.29) is 53.6 Å². The van der Waals surface area contributed by atoms with E-state index in [1.807, 2.05) is 45.0 Å². The average Bonchev–Trinajstić information content (AvgIpc) is 3.55. The van der Waals surface area contributed by atoms with Gasteiger partial charge in [-0.3, -0.25) is 4.79 Å². The number of amides is 1. The van der Waals surface area contributed by atoms with Gasteiger partial charge in [0.15, 0.2) is 5.69 Å². The number of piperidine rings is 1. The van der Waals surface area contributed by atoms with Gasteiger partial charge in [-0.05, 0) is 63.6 Å². The number of hydrazine groups is 1. The number of anilines is 1. The Bertz CT molecular complexity index is 1280. The Morgan fingerprint density at radius 1 is 1.15 bits per heavy atom. The number of fused-ring (bicyclic) bond motifs is 1. The number of nitrogens with one attached hydrogen (secondary N) is 3. The van der Waals surface area contributed by atoms with Crippen molar-refractivity contribution < 1.29 is 14.3 Å². The van der Waals surface area contributed by atoms with Gasteiger partial charge < -0.3 is 15.4 Å². The Labute approximate surface area is 242 Å². The maximum atomic E-state index is 13.0. The maximum Gasteiger partial charge on any atom is 0.361 e. The number of hydrogen-bond acceptors (Lipinski definition) is 9. The van der Waals surface area contributed by atoms with E-state index in [0.717, 1.165) is 43.4 Å². The second kappa shape index (κ2) is 11.8. The first kappa shape index (κ1) is 29.0. The van der Waals surface area contributed by atoms with Crippen LogP contribution in [-0.4, -0.2) is 62.3 Å². The summed E-state index contributed by atoms with van der Waals surface area (Å²) in [6.45, 7) is 10.3. The summed E-state index contributed by atoms with van der Waals surface area (Å²) < 4.78 is 7.17. The molecule has 0 radical (unpaired) electrons. The van der Waals surface area contributed by atoms with Crippen LogP contribution in [0.4, 0.5) is 5.69 Å². The fourth-order valence-electron chi connectivity index (χ4n) is 6.53. The van der Waals surface area contributed by atoms with E-state index in [2.05, 4.69) is 51.3 Å². The van der Waals surface area contributed by atoms with Crippen LogP contribution in [0.3, 0.4) is 0 Å². The Balaban J connectivity index is 1.32. The van der Waals surface area contributed by atoms with Crippen molar-refractivity contribution in [3.05, 3.63) is 41.7 Å². The van der Waals surface area contributed by atoms with Crippen molar-refractivity contribution in [2.75, 3.05) is 11.9 Å². The van der Waals surface area contributed by atoms with Crippen LogP contribution in [0.1, 0.15) is 88.8 Å². The quantitative estimate of drug-likeness (QED) is 0.432. The van der Waals surface area contributed by atoms with E-state index in [4.69, 9.17) is 4.74 Å². The van der Waals surface area contributed by atoms with Crippen molar-refractivity contribution >= 4 is 17.6 Å². The Hall–Kier alpha value is -3.49. The highest BCUT2D eigenvalue weighted by Gasteiger charge is 2.51. The molecule has 4 unspecified atom stereocenters. The lowest BCUT2D eigenvalue weighted by molar-refractivity contribution is -0.128. The third kappa shape index (κ3) is 6.23. The third-order valence-corrected chi connectivity index (χ3v) is 8.32. The van der Waals surface area contributed by atoms with Crippen LogP contribution in [0.15, 0.2) is 30.5 Å². The minimum atomic E-state index is -0.613. The molecule has 0 spiro atoms. The first-order valence-electron chi connectivity index (χ1n) is 14.8. The number of carbonyl (C=O) groups excluding carboxylic acids is 2. The highest BCUT2D eigenvalue weighted by atomic mass is 16.6. The van der Waals surface area contributed by atoms with Gasteiger partial charge in [-0.1, -0.05) is 44.0 Å². The predicted octanol–water partition coefficient (Wildman–Crippen LogP) is 3.62. The van der Waals surface area contributed by atoms with Gasteiger partial charge in [0.05, 0.1) is 30.1 Å². The van der Waals surface area contributed by atoms with Crippen LogP contribution in [0, 0.1) is 29.1 Å². The summed E-state index contributed by atoms with van der Waals surface area (Å²) >= 11 is 0.